The van der Waals surface area contributed by atoms with E-state index >= 15 is 0 Å². The van der Waals surface area contributed by atoms with Crippen molar-refractivity contribution in [3.8, 4) is 0 Å². The third-order valence-electron chi connectivity index (χ3n) is 4.98. The molecule has 1 N–H and O–H groups in total. The van der Waals surface area contributed by atoms with Crippen molar-refractivity contribution in [1.82, 2.24) is 15.4 Å². The number of nitrogens with zero attached hydrogens (tertiary/aromatic N) is 2. The van der Waals surface area contributed by atoms with Crippen LogP contribution in [-0.2, 0) is 11.2 Å². The standard InChI is InChI=1S/C17H21N3O2/c21-17(11-14-12-5-1-2-7-16(12)22-19-14)18-13-8-10-20-9-4-3-6-15(13)20/h1-2,5,7,13,15H,3-4,6,8-11H2,(H,18,21)/t13-,15-/m0/s1. The molecular formula is C17H21N3O2. The molecule has 1 aromatic heterocycles. The SMILES string of the molecule is O=C(Cc1noc2ccccc12)N[C@H]1CCN2CCCC[C@@H]12. The van der Waals surface area contributed by atoms with Crippen LogP contribution in [0.2, 0.25) is 0 Å². The molecule has 5 heteroatoms. The molecule has 4 rings (SSSR count). The molecule has 2 aliphatic rings. The zero-order chi connectivity index (χ0) is 14.9. The normalized spacial score (nSPS) is 25.3. The molecule has 2 atom stereocenters. The van der Waals surface area contributed by atoms with Crippen LogP contribution < -0.4 is 5.32 Å². The first-order valence-electron chi connectivity index (χ1n) is 8.18. The molecule has 0 bridgehead atoms. The minimum Gasteiger partial charge on any atom is -0.356 e. The number of carbonyl (C=O) groups is 1. The van der Waals surface area contributed by atoms with E-state index < -0.39 is 0 Å². The lowest BCUT2D eigenvalue weighted by molar-refractivity contribution is -0.121. The van der Waals surface area contributed by atoms with Gasteiger partial charge in [0.1, 0.15) is 5.69 Å². The topological polar surface area (TPSA) is 58.4 Å². The number of rotatable bonds is 3. The van der Waals surface area contributed by atoms with Gasteiger partial charge in [-0.05, 0) is 37.9 Å². The smallest absolute Gasteiger partial charge is 0.226 e. The fourth-order valence-corrected chi connectivity index (χ4v) is 3.89. The van der Waals surface area contributed by atoms with E-state index in [2.05, 4.69) is 15.4 Å². The average Bonchev–Trinajstić information content (AvgIpc) is 3.13. The van der Waals surface area contributed by atoms with Crippen molar-refractivity contribution in [3.63, 3.8) is 0 Å². The summed E-state index contributed by atoms with van der Waals surface area (Å²) in [5.41, 5.74) is 1.47. The lowest BCUT2D eigenvalue weighted by Gasteiger charge is -2.32. The number of hydrogen-bond acceptors (Lipinski definition) is 4. The van der Waals surface area contributed by atoms with Crippen molar-refractivity contribution in [2.75, 3.05) is 13.1 Å². The van der Waals surface area contributed by atoms with Crippen LogP contribution in [0.3, 0.4) is 0 Å². The highest BCUT2D eigenvalue weighted by molar-refractivity contribution is 5.86. The molecule has 1 amide bonds. The van der Waals surface area contributed by atoms with Crippen molar-refractivity contribution < 1.29 is 9.32 Å². The summed E-state index contributed by atoms with van der Waals surface area (Å²) in [6.07, 6.45) is 5.14. The van der Waals surface area contributed by atoms with Crippen LogP contribution >= 0.6 is 0 Å². The maximum Gasteiger partial charge on any atom is 0.226 e. The van der Waals surface area contributed by atoms with Crippen molar-refractivity contribution >= 4 is 16.9 Å². The number of hydrogen-bond donors (Lipinski definition) is 1. The lowest BCUT2D eigenvalue weighted by atomic mass is 9.99. The van der Waals surface area contributed by atoms with Gasteiger partial charge in [-0.1, -0.05) is 23.7 Å². The molecule has 0 saturated carbocycles. The highest BCUT2D eigenvalue weighted by atomic mass is 16.5. The third kappa shape index (κ3) is 2.50. The molecule has 0 radical (unpaired) electrons. The highest BCUT2D eigenvalue weighted by Crippen LogP contribution is 2.27. The van der Waals surface area contributed by atoms with Crippen LogP contribution in [0, 0.1) is 0 Å². The van der Waals surface area contributed by atoms with E-state index in [0.717, 1.165) is 29.6 Å². The molecule has 3 heterocycles. The van der Waals surface area contributed by atoms with Crippen molar-refractivity contribution in [2.45, 2.75) is 44.2 Å². The Morgan fingerprint density at radius 1 is 1.27 bits per heavy atom. The van der Waals surface area contributed by atoms with Crippen molar-refractivity contribution in [2.24, 2.45) is 0 Å². The summed E-state index contributed by atoms with van der Waals surface area (Å²) in [4.78, 5) is 14.9. The second-order valence-electron chi connectivity index (χ2n) is 6.36. The number of amides is 1. The Labute approximate surface area is 129 Å². The van der Waals surface area contributed by atoms with Crippen LogP contribution in [0.1, 0.15) is 31.4 Å². The van der Waals surface area contributed by atoms with Gasteiger partial charge in [0.25, 0.3) is 0 Å². The molecule has 1 aromatic carbocycles. The number of carbonyl (C=O) groups excluding carboxylic acids is 1. The van der Waals surface area contributed by atoms with E-state index in [1.807, 2.05) is 24.3 Å². The van der Waals surface area contributed by atoms with Gasteiger partial charge < -0.3 is 9.84 Å². The molecule has 22 heavy (non-hydrogen) atoms. The Morgan fingerprint density at radius 2 is 2.18 bits per heavy atom. The van der Waals surface area contributed by atoms with E-state index in [1.165, 1.54) is 25.8 Å². The minimum atomic E-state index is 0.0523. The van der Waals surface area contributed by atoms with Gasteiger partial charge in [-0.3, -0.25) is 9.69 Å². The minimum absolute atomic E-state index is 0.0523. The molecule has 0 spiro atoms. The third-order valence-corrected chi connectivity index (χ3v) is 4.98. The largest absolute Gasteiger partial charge is 0.356 e. The number of piperidine rings is 1. The second-order valence-corrected chi connectivity index (χ2v) is 6.36. The van der Waals surface area contributed by atoms with Gasteiger partial charge in [0, 0.05) is 24.0 Å². The summed E-state index contributed by atoms with van der Waals surface area (Å²) in [6, 6.07) is 8.51. The molecule has 2 aromatic rings. The molecule has 0 unspecified atom stereocenters. The number of aromatic nitrogens is 1. The second kappa shape index (κ2) is 5.72. The van der Waals surface area contributed by atoms with Crippen LogP contribution in [0.15, 0.2) is 28.8 Å². The summed E-state index contributed by atoms with van der Waals surface area (Å²) >= 11 is 0. The summed E-state index contributed by atoms with van der Waals surface area (Å²) in [7, 11) is 0. The molecule has 2 aliphatic heterocycles. The molecule has 2 fully saturated rings. The molecule has 5 nitrogen and oxygen atoms in total. The molecule has 2 saturated heterocycles. The van der Waals surface area contributed by atoms with Gasteiger partial charge in [-0.15, -0.1) is 0 Å². The van der Waals surface area contributed by atoms with E-state index in [1.54, 1.807) is 0 Å². The Morgan fingerprint density at radius 3 is 3.14 bits per heavy atom. The predicted octanol–water partition coefficient (Wildman–Crippen LogP) is 2.11. The summed E-state index contributed by atoms with van der Waals surface area (Å²) in [5, 5.41) is 8.20. The number of fused-ring (bicyclic) bond motifs is 2. The van der Waals surface area contributed by atoms with Crippen LogP contribution in [-0.4, -0.2) is 41.1 Å². The maximum absolute atomic E-state index is 12.4. The Hall–Kier alpha value is -1.88. The van der Waals surface area contributed by atoms with Gasteiger partial charge >= 0.3 is 0 Å². The molecular weight excluding hydrogens is 278 g/mol. The van der Waals surface area contributed by atoms with Crippen LogP contribution in [0.25, 0.3) is 11.0 Å². The predicted molar refractivity (Wildman–Crippen MR) is 83.5 cm³/mol. The van der Waals surface area contributed by atoms with Gasteiger partial charge in [-0.2, -0.15) is 0 Å². The fraction of sp³-hybridized carbons (Fsp3) is 0.529. The summed E-state index contributed by atoms with van der Waals surface area (Å²) in [6.45, 7) is 2.30. The first kappa shape index (κ1) is 13.8. The first-order chi connectivity index (χ1) is 10.8. The zero-order valence-electron chi connectivity index (χ0n) is 12.6. The van der Waals surface area contributed by atoms with E-state index in [9.17, 15) is 4.79 Å². The first-order valence-corrected chi connectivity index (χ1v) is 8.18. The Kier molecular flexibility index (Phi) is 3.58. The van der Waals surface area contributed by atoms with Crippen molar-refractivity contribution in [1.29, 1.82) is 0 Å². The van der Waals surface area contributed by atoms with Gasteiger partial charge in [0.05, 0.1) is 6.42 Å². The summed E-state index contributed by atoms with van der Waals surface area (Å²) < 4.78 is 5.27. The van der Waals surface area contributed by atoms with E-state index in [4.69, 9.17) is 4.52 Å². The van der Waals surface area contributed by atoms with Crippen LogP contribution in [0.5, 0.6) is 0 Å². The lowest BCUT2D eigenvalue weighted by Crippen LogP contribution is -2.47. The fourth-order valence-electron chi connectivity index (χ4n) is 3.89. The zero-order valence-corrected chi connectivity index (χ0v) is 12.6. The molecule has 116 valence electrons. The van der Waals surface area contributed by atoms with Crippen molar-refractivity contribution in [3.05, 3.63) is 30.0 Å². The summed E-state index contributed by atoms with van der Waals surface area (Å²) in [5.74, 6) is 0.0523. The van der Waals surface area contributed by atoms with E-state index in [-0.39, 0.29) is 5.91 Å². The number of benzene rings is 1. The number of para-hydroxylation sites is 1. The van der Waals surface area contributed by atoms with Gasteiger partial charge in [0.15, 0.2) is 5.58 Å². The quantitative estimate of drug-likeness (QED) is 0.943. The highest BCUT2D eigenvalue weighted by Gasteiger charge is 2.36. The van der Waals surface area contributed by atoms with Crippen LogP contribution in [0.4, 0.5) is 0 Å². The van der Waals surface area contributed by atoms with Gasteiger partial charge in [-0.25, -0.2) is 0 Å². The number of nitrogens with one attached hydrogen (secondary N) is 1. The van der Waals surface area contributed by atoms with Gasteiger partial charge in [0.2, 0.25) is 5.91 Å². The Bertz CT molecular complexity index is 681. The molecule has 0 aliphatic carbocycles. The maximum atomic E-state index is 12.4. The monoisotopic (exact) mass is 299 g/mol. The van der Waals surface area contributed by atoms with E-state index in [0.29, 0.717) is 18.5 Å². The Balaban J connectivity index is 1.42. The average molecular weight is 299 g/mol.